The first-order chi connectivity index (χ1) is 13.4. The molecule has 2 aromatic carbocycles. The molecule has 0 radical (unpaired) electrons. The number of anilines is 1. The SMILES string of the molecule is O=c1[nH]c2c(Br)cccc2n1[C@H]1CC[C@@H](C(=O)Nc2ccc(Cl)cc2Cl)CC1. The maximum absolute atomic E-state index is 12.6. The molecule has 1 aromatic heterocycles. The predicted octanol–water partition coefficient (Wildman–Crippen LogP) is 5.77. The Labute approximate surface area is 180 Å². The molecule has 3 aromatic rings. The molecule has 28 heavy (non-hydrogen) atoms. The molecule has 1 saturated carbocycles. The topological polar surface area (TPSA) is 66.9 Å². The number of para-hydroxylation sites is 1. The van der Waals surface area contributed by atoms with Crippen LogP contribution in [0.25, 0.3) is 11.0 Å². The molecule has 0 bridgehead atoms. The fourth-order valence-corrected chi connectivity index (χ4v) is 4.81. The number of nitrogens with zero attached hydrogens (tertiary/aromatic N) is 1. The van der Waals surface area contributed by atoms with Gasteiger partial charge in [-0.3, -0.25) is 9.36 Å². The van der Waals surface area contributed by atoms with E-state index in [4.69, 9.17) is 23.2 Å². The van der Waals surface area contributed by atoms with E-state index in [1.807, 2.05) is 22.8 Å². The number of rotatable bonds is 3. The van der Waals surface area contributed by atoms with Crippen molar-refractivity contribution < 1.29 is 4.79 Å². The average Bonchev–Trinajstić information content (AvgIpc) is 3.01. The Morgan fingerprint density at radius 3 is 2.61 bits per heavy atom. The second kappa shape index (κ2) is 7.93. The van der Waals surface area contributed by atoms with Gasteiger partial charge in [-0.2, -0.15) is 0 Å². The van der Waals surface area contributed by atoms with Crippen LogP contribution in [0.2, 0.25) is 10.0 Å². The van der Waals surface area contributed by atoms with Crippen molar-refractivity contribution in [2.45, 2.75) is 31.7 Å². The van der Waals surface area contributed by atoms with Gasteiger partial charge in [0.15, 0.2) is 0 Å². The number of hydrogen-bond acceptors (Lipinski definition) is 2. The molecule has 0 saturated heterocycles. The van der Waals surface area contributed by atoms with Crippen LogP contribution in [0.3, 0.4) is 0 Å². The molecule has 5 nitrogen and oxygen atoms in total. The number of aromatic amines is 1. The van der Waals surface area contributed by atoms with E-state index in [1.165, 1.54) is 0 Å². The van der Waals surface area contributed by atoms with Gasteiger partial charge in [0.25, 0.3) is 0 Å². The minimum absolute atomic E-state index is 0.0447. The third kappa shape index (κ3) is 3.73. The molecule has 1 aliphatic rings. The summed E-state index contributed by atoms with van der Waals surface area (Å²) in [5.41, 5.74) is 2.16. The number of imidazole rings is 1. The molecule has 1 heterocycles. The fraction of sp³-hybridized carbons (Fsp3) is 0.300. The number of carbonyl (C=O) groups excluding carboxylic acids is 1. The molecule has 2 N–H and O–H groups in total. The molecule has 1 fully saturated rings. The summed E-state index contributed by atoms with van der Waals surface area (Å²) >= 11 is 15.5. The van der Waals surface area contributed by atoms with E-state index in [1.54, 1.807) is 18.2 Å². The Hall–Kier alpha value is -1.76. The fourth-order valence-electron chi connectivity index (χ4n) is 3.90. The number of fused-ring (bicyclic) bond motifs is 1. The summed E-state index contributed by atoms with van der Waals surface area (Å²) in [6.45, 7) is 0. The largest absolute Gasteiger partial charge is 0.326 e. The van der Waals surface area contributed by atoms with E-state index in [-0.39, 0.29) is 23.6 Å². The molecule has 146 valence electrons. The van der Waals surface area contributed by atoms with Crippen molar-refractivity contribution in [2.24, 2.45) is 5.92 Å². The van der Waals surface area contributed by atoms with E-state index in [0.717, 1.165) is 41.2 Å². The van der Waals surface area contributed by atoms with E-state index in [9.17, 15) is 9.59 Å². The maximum atomic E-state index is 12.6. The second-order valence-corrected chi connectivity index (χ2v) is 8.75. The van der Waals surface area contributed by atoms with Crippen molar-refractivity contribution >= 4 is 61.8 Å². The van der Waals surface area contributed by atoms with Gasteiger partial charge in [0.05, 0.1) is 21.7 Å². The lowest BCUT2D eigenvalue weighted by atomic mass is 9.85. The van der Waals surface area contributed by atoms with Gasteiger partial charge in [0.2, 0.25) is 5.91 Å². The van der Waals surface area contributed by atoms with E-state index in [0.29, 0.717) is 15.7 Å². The molecule has 1 amide bonds. The molecule has 1 aliphatic carbocycles. The van der Waals surface area contributed by atoms with Crippen LogP contribution in [0, 0.1) is 5.92 Å². The lowest BCUT2D eigenvalue weighted by molar-refractivity contribution is -0.121. The van der Waals surface area contributed by atoms with Gasteiger partial charge in [-0.05, 0) is 71.9 Å². The number of aromatic nitrogens is 2. The third-order valence-electron chi connectivity index (χ3n) is 5.32. The first-order valence-electron chi connectivity index (χ1n) is 9.08. The highest BCUT2D eigenvalue weighted by molar-refractivity contribution is 9.10. The Bertz CT molecular complexity index is 1100. The minimum atomic E-state index is -0.109. The van der Waals surface area contributed by atoms with Crippen LogP contribution in [0.15, 0.2) is 45.7 Å². The van der Waals surface area contributed by atoms with E-state index < -0.39 is 0 Å². The van der Waals surface area contributed by atoms with E-state index >= 15 is 0 Å². The maximum Gasteiger partial charge on any atom is 0.326 e. The quantitative estimate of drug-likeness (QED) is 0.497. The molecule has 0 aliphatic heterocycles. The summed E-state index contributed by atoms with van der Waals surface area (Å²) in [5, 5.41) is 3.84. The van der Waals surface area contributed by atoms with Gasteiger partial charge in [0.1, 0.15) is 0 Å². The molecule has 4 rings (SSSR count). The predicted molar refractivity (Wildman–Crippen MR) is 116 cm³/mol. The van der Waals surface area contributed by atoms with Crippen LogP contribution in [0.1, 0.15) is 31.7 Å². The Morgan fingerprint density at radius 2 is 1.89 bits per heavy atom. The van der Waals surface area contributed by atoms with Crippen LogP contribution in [0.5, 0.6) is 0 Å². The smallest absolute Gasteiger partial charge is 0.325 e. The van der Waals surface area contributed by atoms with E-state index in [2.05, 4.69) is 26.2 Å². The van der Waals surface area contributed by atoms with Crippen molar-refractivity contribution in [1.82, 2.24) is 9.55 Å². The number of amides is 1. The Morgan fingerprint density at radius 1 is 1.14 bits per heavy atom. The van der Waals surface area contributed by atoms with Crippen LogP contribution >= 0.6 is 39.1 Å². The second-order valence-electron chi connectivity index (χ2n) is 7.05. The van der Waals surface area contributed by atoms with Gasteiger partial charge in [-0.15, -0.1) is 0 Å². The highest BCUT2D eigenvalue weighted by atomic mass is 79.9. The standard InChI is InChI=1S/C20H18BrCl2N3O2/c21-14-2-1-3-17-18(14)25-20(28)26(17)13-7-4-11(5-8-13)19(27)24-16-9-6-12(22)10-15(16)23/h1-3,6,9-11,13H,4-5,7-8H2,(H,24,27)(H,25,28)/t11-,13+. The summed E-state index contributed by atoms with van der Waals surface area (Å²) in [7, 11) is 0. The first kappa shape index (κ1) is 19.6. The van der Waals surface area contributed by atoms with Gasteiger partial charge in [-0.25, -0.2) is 4.79 Å². The summed E-state index contributed by atoms with van der Waals surface area (Å²) in [5.74, 6) is -0.146. The number of benzene rings is 2. The number of hydrogen-bond donors (Lipinski definition) is 2. The van der Waals surface area contributed by atoms with Gasteiger partial charge in [-0.1, -0.05) is 29.3 Å². The minimum Gasteiger partial charge on any atom is -0.325 e. The molecule has 8 heteroatoms. The lowest BCUT2D eigenvalue weighted by Crippen LogP contribution is -2.31. The van der Waals surface area contributed by atoms with Crippen LogP contribution in [-0.4, -0.2) is 15.5 Å². The zero-order valence-electron chi connectivity index (χ0n) is 14.8. The zero-order chi connectivity index (χ0) is 19.8. The summed E-state index contributed by atoms with van der Waals surface area (Å²) in [6, 6.07) is 10.9. The van der Waals surface area contributed by atoms with Crippen molar-refractivity contribution in [3.8, 4) is 0 Å². The zero-order valence-corrected chi connectivity index (χ0v) is 17.9. The number of carbonyl (C=O) groups is 1. The highest BCUT2D eigenvalue weighted by Crippen LogP contribution is 2.35. The van der Waals surface area contributed by atoms with Crippen molar-refractivity contribution in [3.63, 3.8) is 0 Å². The van der Waals surface area contributed by atoms with Crippen LogP contribution in [0.4, 0.5) is 5.69 Å². The van der Waals surface area contributed by atoms with Crippen LogP contribution in [-0.2, 0) is 4.79 Å². The Balaban J connectivity index is 1.46. The third-order valence-corrected chi connectivity index (χ3v) is 6.53. The highest BCUT2D eigenvalue weighted by Gasteiger charge is 2.29. The normalized spacial score (nSPS) is 19.7. The average molecular weight is 483 g/mol. The van der Waals surface area contributed by atoms with Gasteiger partial charge >= 0.3 is 5.69 Å². The molecular weight excluding hydrogens is 465 g/mol. The Kier molecular flexibility index (Phi) is 5.54. The monoisotopic (exact) mass is 481 g/mol. The summed E-state index contributed by atoms with van der Waals surface area (Å²) in [6.07, 6.45) is 2.97. The number of nitrogens with one attached hydrogen (secondary N) is 2. The van der Waals surface area contributed by atoms with Crippen molar-refractivity contribution in [1.29, 1.82) is 0 Å². The summed E-state index contributed by atoms with van der Waals surface area (Å²) in [4.78, 5) is 28.1. The lowest BCUT2D eigenvalue weighted by Gasteiger charge is -2.28. The van der Waals surface area contributed by atoms with Crippen molar-refractivity contribution in [2.75, 3.05) is 5.32 Å². The molecule has 0 atom stereocenters. The molecule has 0 spiro atoms. The van der Waals surface area contributed by atoms with Crippen LogP contribution < -0.4 is 11.0 Å². The summed E-state index contributed by atoms with van der Waals surface area (Å²) < 4.78 is 2.69. The van der Waals surface area contributed by atoms with Crippen molar-refractivity contribution in [3.05, 3.63) is 61.4 Å². The van der Waals surface area contributed by atoms with Gasteiger partial charge < -0.3 is 10.3 Å². The molecule has 0 unspecified atom stereocenters. The first-order valence-corrected chi connectivity index (χ1v) is 10.6. The number of halogens is 3. The number of H-pyrrole nitrogens is 1. The molecular formula is C20H18BrCl2N3O2. The van der Waals surface area contributed by atoms with Gasteiger partial charge in [0, 0.05) is 21.5 Å².